The van der Waals surface area contributed by atoms with Gasteiger partial charge in [-0.3, -0.25) is 0 Å². The maximum absolute atomic E-state index is 5.69. The van der Waals surface area contributed by atoms with E-state index in [4.69, 9.17) is 17.3 Å². The van der Waals surface area contributed by atoms with Crippen molar-refractivity contribution in [2.45, 2.75) is 13.3 Å². The van der Waals surface area contributed by atoms with Crippen LogP contribution in [0.2, 0.25) is 5.15 Å². The number of halogens is 2. The number of aromatic nitrogens is 1. The molecule has 0 unspecified atom stereocenters. The molecule has 0 bridgehead atoms. The molecule has 0 amide bonds. The summed E-state index contributed by atoms with van der Waals surface area (Å²) >= 11 is 5.69. The third-order valence-electron chi connectivity index (χ3n) is 2.03. The first kappa shape index (κ1) is 17.2. The van der Waals surface area contributed by atoms with E-state index in [0.29, 0.717) is 17.7 Å². The molecular formula is C12H18ClIN4. The van der Waals surface area contributed by atoms with Crippen LogP contribution in [0.25, 0.3) is 0 Å². The Balaban J connectivity index is 0.00000289. The number of hydrogen-bond acceptors (Lipinski definition) is 2. The van der Waals surface area contributed by atoms with Crippen LogP contribution in [0.3, 0.4) is 0 Å². The van der Waals surface area contributed by atoms with Crippen LogP contribution in [0.5, 0.6) is 0 Å². The standard InChI is InChI=1S/C12H17ClN4.HI/c1-9(2)7-17-12(14)15-6-5-10-3-4-11(13)16-8-10;/h3-4,8H,1,5-7H2,2H3,(H3,14,15,17);1H. The van der Waals surface area contributed by atoms with E-state index in [9.17, 15) is 0 Å². The topological polar surface area (TPSA) is 63.3 Å². The molecule has 0 radical (unpaired) electrons. The number of guanidine groups is 1. The zero-order chi connectivity index (χ0) is 12.7. The highest BCUT2D eigenvalue weighted by molar-refractivity contribution is 14.0. The summed E-state index contributed by atoms with van der Waals surface area (Å²) in [5.74, 6) is 0.440. The Morgan fingerprint density at radius 2 is 2.28 bits per heavy atom. The Labute approximate surface area is 130 Å². The molecule has 0 aliphatic carbocycles. The zero-order valence-electron chi connectivity index (χ0n) is 10.3. The minimum atomic E-state index is 0. The van der Waals surface area contributed by atoms with Gasteiger partial charge in [-0.05, 0) is 25.0 Å². The number of nitrogens with zero attached hydrogens (tertiary/aromatic N) is 2. The molecule has 0 saturated heterocycles. The first-order valence-corrected chi connectivity index (χ1v) is 5.74. The first-order valence-electron chi connectivity index (χ1n) is 5.36. The summed E-state index contributed by atoms with van der Waals surface area (Å²) in [6.07, 6.45) is 2.58. The van der Waals surface area contributed by atoms with Crippen molar-refractivity contribution in [3.05, 3.63) is 41.2 Å². The molecule has 0 aromatic carbocycles. The van der Waals surface area contributed by atoms with E-state index in [1.165, 1.54) is 0 Å². The lowest BCUT2D eigenvalue weighted by atomic mass is 10.2. The predicted octanol–water partition coefficient (Wildman–Crippen LogP) is 2.38. The minimum absolute atomic E-state index is 0. The van der Waals surface area contributed by atoms with Gasteiger partial charge in [0.2, 0.25) is 0 Å². The van der Waals surface area contributed by atoms with Gasteiger partial charge < -0.3 is 11.1 Å². The van der Waals surface area contributed by atoms with Gasteiger partial charge in [-0.25, -0.2) is 9.98 Å². The largest absolute Gasteiger partial charge is 0.370 e. The summed E-state index contributed by atoms with van der Waals surface area (Å²) in [6, 6.07) is 3.72. The van der Waals surface area contributed by atoms with Crippen LogP contribution in [0.15, 0.2) is 35.5 Å². The lowest BCUT2D eigenvalue weighted by Gasteiger charge is -2.05. The van der Waals surface area contributed by atoms with Gasteiger partial charge >= 0.3 is 0 Å². The smallest absolute Gasteiger partial charge is 0.188 e. The summed E-state index contributed by atoms with van der Waals surface area (Å²) in [5, 5.41) is 3.53. The van der Waals surface area contributed by atoms with E-state index in [0.717, 1.165) is 24.1 Å². The zero-order valence-corrected chi connectivity index (χ0v) is 13.4. The fourth-order valence-corrected chi connectivity index (χ4v) is 1.28. The molecule has 0 saturated carbocycles. The van der Waals surface area contributed by atoms with E-state index in [-0.39, 0.29) is 24.0 Å². The van der Waals surface area contributed by atoms with Crippen molar-refractivity contribution in [2.24, 2.45) is 10.7 Å². The molecular weight excluding hydrogens is 363 g/mol. The van der Waals surface area contributed by atoms with E-state index >= 15 is 0 Å². The number of pyridine rings is 1. The normalized spacial score (nSPS) is 10.7. The average Bonchev–Trinajstić information content (AvgIpc) is 2.29. The lowest BCUT2D eigenvalue weighted by molar-refractivity contribution is 0.848. The summed E-state index contributed by atoms with van der Waals surface area (Å²) in [6.45, 7) is 6.94. The molecule has 1 heterocycles. The molecule has 1 aromatic heterocycles. The van der Waals surface area contributed by atoms with Crippen molar-refractivity contribution in [1.82, 2.24) is 10.3 Å². The number of hydrogen-bond donors (Lipinski definition) is 2. The Bertz CT molecular complexity index is 403. The maximum Gasteiger partial charge on any atom is 0.188 e. The molecule has 1 aromatic rings. The van der Waals surface area contributed by atoms with Crippen LogP contribution in [-0.4, -0.2) is 24.0 Å². The van der Waals surface area contributed by atoms with Crippen LogP contribution in [0.1, 0.15) is 12.5 Å². The Morgan fingerprint density at radius 1 is 1.56 bits per heavy atom. The fraction of sp³-hybridized carbons (Fsp3) is 0.333. The monoisotopic (exact) mass is 380 g/mol. The second-order valence-electron chi connectivity index (χ2n) is 3.82. The van der Waals surface area contributed by atoms with Crippen LogP contribution in [0, 0.1) is 0 Å². The van der Waals surface area contributed by atoms with Crippen LogP contribution < -0.4 is 11.1 Å². The quantitative estimate of drug-likeness (QED) is 0.271. The molecule has 0 atom stereocenters. The number of rotatable bonds is 5. The maximum atomic E-state index is 5.69. The van der Waals surface area contributed by atoms with Crippen molar-refractivity contribution in [1.29, 1.82) is 0 Å². The van der Waals surface area contributed by atoms with Crippen LogP contribution in [-0.2, 0) is 6.42 Å². The molecule has 18 heavy (non-hydrogen) atoms. The van der Waals surface area contributed by atoms with Crippen LogP contribution in [0.4, 0.5) is 0 Å². The molecule has 3 N–H and O–H groups in total. The fourth-order valence-electron chi connectivity index (χ4n) is 1.17. The SMILES string of the molecule is C=C(C)CN=C(N)NCCc1ccc(Cl)nc1.I. The van der Waals surface area contributed by atoms with Crippen molar-refractivity contribution < 1.29 is 0 Å². The van der Waals surface area contributed by atoms with Gasteiger partial charge in [0.1, 0.15) is 5.15 Å². The van der Waals surface area contributed by atoms with E-state index < -0.39 is 0 Å². The molecule has 0 fully saturated rings. The molecule has 0 aliphatic rings. The van der Waals surface area contributed by atoms with Gasteiger partial charge in [-0.2, -0.15) is 0 Å². The molecule has 4 nitrogen and oxygen atoms in total. The van der Waals surface area contributed by atoms with Gasteiger partial charge in [-0.15, -0.1) is 24.0 Å². The van der Waals surface area contributed by atoms with Crippen molar-refractivity contribution in [2.75, 3.05) is 13.1 Å². The summed E-state index contributed by atoms with van der Waals surface area (Å²) < 4.78 is 0. The molecule has 1 rings (SSSR count). The van der Waals surface area contributed by atoms with Crippen molar-refractivity contribution in [3.8, 4) is 0 Å². The van der Waals surface area contributed by atoms with Gasteiger partial charge in [-0.1, -0.05) is 29.8 Å². The molecule has 0 spiro atoms. The number of nitrogens with one attached hydrogen (secondary N) is 1. The predicted molar refractivity (Wildman–Crippen MR) is 87.7 cm³/mol. The van der Waals surface area contributed by atoms with Gasteiger partial charge in [0.15, 0.2) is 5.96 Å². The Morgan fingerprint density at radius 3 is 2.83 bits per heavy atom. The minimum Gasteiger partial charge on any atom is -0.370 e. The second kappa shape index (κ2) is 9.16. The molecule has 0 aliphatic heterocycles. The van der Waals surface area contributed by atoms with E-state index in [1.54, 1.807) is 12.3 Å². The van der Waals surface area contributed by atoms with E-state index in [2.05, 4.69) is 21.9 Å². The second-order valence-corrected chi connectivity index (χ2v) is 4.21. The number of nitrogens with two attached hydrogens (primary N) is 1. The van der Waals surface area contributed by atoms with Gasteiger partial charge in [0.25, 0.3) is 0 Å². The van der Waals surface area contributed by atoms with E-state index in [1.807, 2.05) is 13.0 Å². The third-order valence-corrected chi connectivity index (χ3v) is 2.25. The summed E-state index contributed by atoms with van der Waals surface area (Å²) in [5.41, 5.74) is 7.76. The third kappa shape index (κ3) is 7.50. The van der Waals surface area contributed by atoms with Crippen molar-refractivity contribution in [3.63, 3.8) is 0 Å². The Hall–Kier alpha value is -0.820. The summed E-state index contributed by atoms with van der Waals surface area (Å²) in [4.78, 5) is 8.12. The van der Waals surface area contributed by atoms with Crippen molar-refractivity contribution >= 4 is 41.5 Å². The van der Waals surface area contributed by atoms with Gasteiger partial charge in [0, 0.05) is 12.7 Å². The first-order chi connectivity index (χ1) is 8.08. The average molecular weight is 381 g/mol. The molecule has 100 valence electrons. The summed E-state index contributed by atoms with van der Waals surface area (Å²) in [7, 11) is 0. The Kier molecular flexibility index (Phi) is 8.74. The molecule has 6 heteroatoms. The lowest BCUT2D eigenvalue weighted by Crippen LogP contribution is -2.33. The van der Waals surface area contributed by atoms with Gasteiger partial charge in [0.05, 0.1) is 6.54 Å². The van der Waals surface area contributed by atoms with Crippen LogP contribution >= 0.6 is 35.6 Å². The highest BCUT2D eigenvalue weighted by Crippen LogP contribution is 2.05. The highest BCUT2D eigenvalue weighted by Gasteiger charge is 1.95. The highest BCUT2D eigenvalue weighted by atomic mass is 127. The number of aliphatic imine (C=N–C) groups is 1.